The molecule has 0 aromatic heterocycles. The van der Waals surface area contributed by atoms with Crippen LogP contribution in [0, 0.1) is 0 Å². The molecule has 1 saturated heterocycles. The highest BCUT2D eigenvalue weighted by Crippen LogP contribution is 2.22. The molecule has 3 rings (SSSR count). The van der Waals surface area contributed by atoms with Crippen molar-refractivity contribution in [3.63, 3.8) is 0 Å². The number of Topliss-reactive ketones (excluding diaryl/α,β-unsaturated/α-hetero) is 1. The van der Waals surface area contributed by atoms with E-state index in [4.69, 9.17) is 21.1 Å². The van der Waals surface area contributed by atoms with Crippen molar-refractivity contribution in [3.8, 4) is 5.75 Å². The Kier molecular flexibility index (Phi) is 6.16. The number of benzene rings is 2. The molecule has 0 unspecified atom stereocenters. The summed E-state index contributed by atoms with van der Waals surface area (Å²) in [6.07, 6.45) is -0.715. The predicted octanol–water partition coefficient (Wildman–Crippen LogP) is 3.01. The average Bonchev–Trinajstić information content (AvgIpc) is 2.69. The summed E-state index contributed by atoms with van der Waals surface area (Å²) in [6, 6.07) is 12.7. The second kappa shape index (κ2) is 8.39. The molecule has 0 N–H and O–H groups in total. The highest BCUT2D eigenvalue weighted by Gasteiger charge is 2.26. The second-order valence-electron chi connectivity index (χ2n) is 6.12. The normalized spacial score (nSPS) is 16.7. The summed E-state index contributed by atoms with van der Waals surface area (Å²) in [5, 5.41) is 0.553. The molecule has 1 heterocycles. The van der Waals surface area contributed by atoms with Gasteiger partial charge in [-0.1, -0.05) is 11.6 Å². The first-order valence-corrected chi connectivity index (χ1v) is 10.3. The maximum Gasteiger partial charge on any atom is 0.243 e. The molecule has 2 aromatic carbocycles. The van der Waals surface area contributed by atoms with Gasteiger partial charge in [-0.15, -0.1) is 0 Å². The summed E-state index contributed by atoms with van der Waals surface area (Å²) in [4.78, 5) is 12.6. The van der Waals surface area contributed by atoms with E-state index in [9.17, 15) is 13.2 Å². The predicted molar refractivity (Wildman–Crippen MR) is 102 cm³/mol. The zero-order valence-corrected chi connectivity index (χ0v) is 16.4. The smallest absolute Gasteiger partial charge is 0.243 e. The molecule has 0 amide bonds. The number of halogens is 1. The van der Waals surface area contributed by atoms with Gasteiger partial charge in [0.15, 0.2) is 6.10 Å². The minimum Gasteiger partial charge on any atom is -0.483 e. The van der Waals surface area contributed by atoms with Crippen LogP contribution in [0.4, 0.5) is 0 Å². The van der Waals surface area contributed by atoms with Crippen molar-refractivity contribution in [3.05, 3.63) is 59.1 Å². The third-order valence-corrected chi connectivity index (χ3v) is 6.41. The van der Waals surface area contributed by atoms with Gasteiger partial charge < -0.3 is 9.47 Å². The molecule has 0 saturated carbocycles. The maximum absolute atomic E-state index is 12.6. The molecule has 1 atom stereocenters. The van der Waals surface area contributed by atoms with Crippen molar-refractivity contribution in [2.24, 2.45) is 0 Å². The Balaban J connectivity index is 1.68. The van der Waals surface area contributed by atoms with Gasteiger partial charge in [-0.05, 0) is 55.5 Å². The van der Waals surface area contributed by atoms with Gasteiger partial charge in [-0.3, -0.25) is 4.79 Å². The average molecular weight is 410 g/mol. The molecule has 1 fully saturated rings. The van der Waals surface area contributed by atoms with Gasteiger partial charge in [0.1, 0.15) is 5.75 Å². The van der Waals surface area contributed by atoms with E-state index in [1.807, 2.05) is 0 Å². The largest absolute Gasteiger partial charge is 0.483 e. The lowest BCUT2D eigenvalue weighted by molar-refractivity contribution is 0.0730. The number of hydrogen-bond acceptors (Lipinski definition) is 5. The number of ether oxygens (including phenoxy) is 2. The van der Waals surface area contributed by atoms with Crippen molar-refractivity contribution < 1.29 is 22.7 Å². The fourth-order valence-corrected chi connectivity index (χ4v) is 4.27. The summed E-state index contributed by atoms with van der Waals surface area (Å²) in [5.41, 5.74) is 0.499. The lowest BCUT2D eigenvalue weighted by Crippen LogP contribution is -2.40. The van der Waals surface area contributed by atoms with Gasteiger partial charge in [0.25, 0.3) is 0 Å². The van der Waals surface area contributed by atoms with Crippen LogP contribution in [0.2, 0.25) is 5.02 Å². The quantitative estimate of drug-likeness (QED) is 0.686. The van der Waals surface area contributed by atoms with Crippen molar-refractivity contribution in [2.75, 3.05) is 26.3 Å². The number of carbonyl (C=O) groups is 1. The van der Waals surface area contributed by atoms with Crippen LogP contribution >= 0.6 is 11.6 Å². The highest BCUT2D eigenvalue weighted by molar-refractivity contribution is 7.89. The molecular formula is C19H20ClNO5S. The van der Waals surface area contributed by atoms with Crippen LogP contribution in [0.5, 0.6) is 5.75 Å². The zero-order valence-electron chi connectivity index (χ0n) is 14.8. The Morgan fingerprint density at radius 1 is 1.07 bits per heavy atom. The monoisotopic (exact) mass is 409 g/mol. The van der Waals surface area contributed by atoms with Crippen LogP contribution in [-0.4, -0.2) is 50.9 Å². The number of sulfonamides is 1. The molecule has 1 aliphatic heterocycles. The van der Waals surface area contributed by atoms with E-state index >= 15 is 0 Å². The van der Waals surface area contributed by atoms with Crippen molar-refractivity contribution in [1.29, 1.82) is 0 Å². The first-order valence-electron chi connectivity index (χ1n) is 8.52. The summed E-state index contributed by atoms with van der Waals surface area (Å²) in [5.74, 6) is 0.238. The van der Waals surface area contributed by atoms with E-state index in [0.717, 1.165) is 0 Å². The van der Waals surface area contributed by atoms with Gasteiger partial charge in [-0.25, -0.2) is 8.42 Å². The van der Waals surface area contributed by atoms with E-state index in [1.165, 1.54) is 16.4 Å². The summed E-state index contributed by atoms with van der Waals surface area (Å²) < 4.78 is 37.5. The summed E-state index contributed by atoms with van der Waals surface area (Å²) >= 11 is 5.83. The molecular weight excluding hydrogens is 390 g/mol. The van der Waals surface area contributed by atoms with Crippen LogP contribution in [0.15, 0.2) is 53.4 Å². The SMILES string of the molecule is C[C@@H](Oc1ccc(S(=O)(=O)N2CCOCC2)cc1)C(=O)c1ccc(Cl)cc1. The van der Waals surface area contributed by atoms with Crippen LogP contribution < -0.4 is 4.74 Å². The van der Waals surface area contributed by atoms with Crippen LogP contribution in [0.3, 0.4) is 0 Å². The number of nitrogens with zero attached hydrogens (tertiary/aromatic N) is 1. The number of hydrogen-bond donors (Lipinski definition) is 0. The third-order valence-electron chi connectivity index (χ3n) is 4.24. The zero-order chi connectivity index (χ0) is 19.4. The molecule has 144 valence electrons. The van der Waals surface area contributed by atoms with E-state index in [2.05, 4.69) is 0 Å². The van der Waals surface area contributed by atoms with Gasteiger partial charge in [0.05, 0.1) is 18.1 Å². The van der Waals surface area contributed by atoms with Gasteiger partial charge in [0, 0.05) is 23.7 Å². The van der Waals surface area contributed by atoms with Crippen molar-refractivity contribution in [2.45, 2.75) is 17.9 Å². The van der Waals surface area contributed by atoms with Crippen LogP contribution in [0.25, 0.3) is 0 Å². The first-order chi connectivity index (χ1) is 12.9. The Bertz CT molecular complexity index is 891. The molecule has 6 nitrogen and oxygen atoms in total. The minimum atomic E-state index is -3.55. The topological polar surface area (TPSA) is 72.9 Å². The van der Waals surface area contributed by atoms with E-state index in [1.54, 1.807) is 43.3 Å². The molecule has 0 bridgehead atoms. The fourth-order valence-electron chi connectivity index (χ4n) is 2.73. The molecule has 8 heteroatoms. The van der Waals surface area contributed by atoms with E-state index < -0.39 is 16.1 Å². The lowest BCUT2D eigenvalue weighted by atomic mass is 10.1. The third kappa shape index (κ3) is 4.68. The number of rotatable bonds is 6. The standard InChI is InChI=1S/C19H20ClNO5S/c1-14(19(22)15-2-4-16(20)5-3-15)26-17-6-8-18(9-7-17)27(23,24)21-10-12-25-13-11-21/h2-9,14H,10-13H2,1H3/t14-/m1/s1. The lowest BCUT2D eigenvalue weighted by Gasteiger charge is -2.26. The van der Waals surface area contributed by atoms with Crippen LogP contribution in [-0.2, 0) is 14.8 Å². The fraction of sp³-hybridized carbons (Fsp3) is 0.316. The van der Waals surface area contributed by atoms with Crippen LogP contribution in [0.1, 0.15) is 17.3 Å². The van der Waals surface area contributed by atoms with Crippen molar-refractivity contribution >= 4 is 27.4 Å². The van der Waals surface area contributed by atoms with E-state index in [-0.39, 0.29) is 10.7 Å². The second-order valence-corrected chi connectivity index (χ2v) is 8.49. The molecule has 0 aliphatic carbocycles. The summed E-state index contributed by atoms with van der Waals surface area (Å²) in [7, 11) is -3.55. The Hall–Kier alpha value is -1.93. The first kappa shape index (κ1) is 19.8. The molecule has 1 aliphatic rings. The number of morpholine rings is 1. The highest BCUT2D eigenvalue weighted by atomic mass is 35.5. The molecule has 27 heavy (non-hydrogen) atoms. The van der Waals surface area contributed by atoms with E-state index in [0.29, 0.717) is 42.6 Å². The Morgan fingerprint density at radius 3 is 2.26 bits per heavy atom. The minimum absolute atomic E-state index is 0.184. The molecule has 0 radical (unpaired) electrons. The van der Waals surface area contributed by atoms with Crippen molar-refractivity contribution in [1.82, 2.24) is 4.31 Å². The Morgan fingerprint density at radius 2 is 1.67 bits per heavy atom. The van der Waals surface area contributed by atoms with Gasteiger partial charge in [-0.2, -0.15) is 4.31 Å². The Labute approximate surface area is 163 Å². The van der Waals surface area contributed by atoms with Gasteiger partial charge in [0.2, 0.25) is 15.8 Å². The number of carbonyl (C=O) groups excluding carboxylic acids is 1. The number of ketones is 1. The summed E-state index contributed by atoms with van der Waals surface area (Å²) in [6.45, 7) is 3.12. The molecule has 2 aromatic rings. The maximum atomic E-state index is 12.6. The van der Waals surface area contributed by atoms with Gasteiger partial charge >= 0.3 is 0 Å². The molecule has 0 spiro atoms.